The zero-order valence-corrected chi connectivity index (χ0v) is 18.2. The third-order valence-electron chi connectivity index (χ3n) is 4.80. The predicted molar refractivity (Wildman–Crippen MR) is 117 cm³/mol. The normalized spacial score (nSPS) is 12.9. The molecule has 0 bridgehead atoms. The van der Waals surface area contributed by atoms with E-state index >= 15 is 0 Å². The average molecular weight is 477 g/mol. The second-order valence-corrected chi connectivity index (χ2v) is 7.66. The minimum Gasteiger partial charge on any atom is -0.480 e. The molecule has 0 aromatic carbocycles. The van der Waals surface area contributed by atoms with Gasteiger partial charge in [0.2, 0.25) is 0 Å². The van der Waals surface area contributed by atoms with Crippen molar-refractivity contribution in [3.8, 4) is 0 Å². The molecular weight excluding hydrogens is 455 g/mol. The minimum absolute atomic E-state index is 0.0169. The van der Waals surface area contributed by atoms with Crippen LogP contribution >= 0.6 is 11.6 Å². The predicted octanol–water partition coefficient (Wildman–Crippen LogP) is 2.40. The highest BCUT2D eigenvalue weighted by molar-refractivity contribution is 6.33. The summed E-state index contributed by atoms with van der Waals surface area (Å²) in [6.07, 6.45) is 3.60. The monoisotopic (exact) mass is 476 g/mol. The number of halogens is 2. The molecule has 174 valence electrons. The van der Waals surface area contributed by atoms with E-state index in [-0.39, 0.29) is 24.7 Å². The van der Waals surface area contributed by atoms with Crippen LogP contribution in [0.1, 0.15) is 28.9 Å². The summed E-state index contributed by atoms with van der Waals surface area (Å²) in [5.41, 5.74) is 0.943. The summed E-state index contributed by atoms with van der Waals surface area (Å²) in [6, 6.07) is 6.20. The Morgan fingerprint density at radius 3 is 2.79 bits per heavy atom. The number of rotatable bonds is 11. The summed E-state index contributed by atoms with van der Waals surface area (Å²) in [6.45, 7) is -0.0596. The number of hydrogen-bond donors (Lipinski definition) is 3. The van der Waals surface area contributed by atoms with Crippen LogP contribution in [-0.2, 0) is 16.0 Å². The lowest BCUT2D eigenvalue weighted by Crippen LogP contribution is -2.42. The first kappa shape index (κ1) is 24.4. The molecule has 33 heavy (non-hydrogen) atoms. The van der Waals surface area contributed by atoms with Gasteiger partial charge in [-0.15, -0.1) is 0 Å². The molecule has 0 aliphatic heterocycles. The summed E-state index contributed by atoms with van der Waals surface area (Å²) in [5.74, 6) is -3.24. The Kier molecular flexibility index (Phi) is 8.58. The molecule has 3 aromatic rings. The van der Waals surface area contributed by atoms with Crippen molar-refractivity contribution in [3.63, 3.8) is 0 Å². The van der Waals surface area contributed by atoms with Crippen molar-refractivity contribution in [1.29, 1.82) is 0 Å². The molecule has 2 atom stereocenters. The number of nitrogens with zero attached hydrogens (tertiary/aromatic N) is 3. The molecule has 3 heterocycles. The van der Waals surface area contributed by atoms with Gasteiger partial charge in [0, 0.05) is 36.5 Å². The average Bonchev–Trinajstić information content (AvgIpc) is 2.79. The van der Waals surface area contributed by atoms with Crippen molar-refractivity contribution in [2.24, 2.45) is 0 Å². The maximum Gasteiger partial charge on any atom is 0.326 e. The number of carbonyl (C=O) groups excluding carboxylic acids is 1. The van der Waals surface area contributed by atoms with Crippen LogP contribution in [0.3, 0.4) is 0 Å². The number of amides is 1. The van der Waals surface area contributed by atoms with Gasteiger partial charge in [-0.3, -0.25) is 9.78 Å². The van der Waals surface area contributed by atoms with Gasteiger partial charge in [0.15, 0.2) is 11.5 Å². The summed E-state index contributed by atoms with van der Waals surface area (Å²) in [5, 5.41) is 22.4. The van der Waals surface area contributed by atoms with Crippen molar-refractivity contribution >= 4 is 34.5 Å². The highest BCUT2D eigenvalue weighted by Crippen LogP contribution is 2.17. The number of aliphatic hydroxyl groups is 1. The molecule has 0 saturated carbocycles. The Bertz CT molecular complexity index is 1110. The van der Waals surface area contributed by atoms with E-state index in [1.165, 1.54) is 0 Å². The van der Waals surface area contributed by atoms with Crippen LogP contribution in [0.15, 0.2) is 42.9 Å². The number of carboxylic acid groups (broad SMARTS) is 1. The highest BCUT2D eigenvalue weighted by Gasteiger charge is 2.24. The smallest absolute Gasteiger partial charge is 0.326 e. The largest absolute Gasteiger partial charge is 0.480 e. The first-order valence-corrected chi connectivity index (χ1v) is 10.5. The Labute approximate surface area is 193 Å². The molecule has 0 unspecified atom stereocenters. The maximum atomic E-state index is 13.8. The van der Waals surface area contributed by atoms with E-state index in [1.54, 1.807) is 6.20 Å². The Morgan fingerprint density at radius 1 is 1.21 bits per heavy atom. The van der Waals surface area contributed by atoms with Gasteiger partial charge >= 0.3 is 5.97 Å². The van der Waals surface area contributed by atoms with Crippen LogP contribution in [0, 0.1) is 5.82 Å². The van der Waals surface area contributed by atoms with Crippen molar-refractivity contribution in [3.05, 3.63) is 65.0 Å². The number of hydrogen-bond acceptors (Lipinski definition) is 7. The quantitative estimate of drug-likeness (QED) is 0.359. The third kappa shape index (κ3) is 6.88. The van der Waals surface area contributed by atoms with E-state index in [9.17, 15) is 24.2 Å². The third-order valence-corrected chi connectivity index (χ3v) is 5.09. The van der Waals surface area contributed by atoms with Gasteiger partial charge in [-0.25, -0.2) is 19.2 Å². The van der Waals surface area contributed by atoms with E-state index in [0.29, 0.717) is 18.5 Å². The SMILES string of the molecule is O=C(N[C@@H](CCOC[C@@H](O)CCc1ccc2cccnc2n1)C(=O)O)c1c(F)cncc1Cl. The minimum atomic E-state index is -1.33. The molecule has 3 N–H and O–H groups in total. The van der Waals surface area contributed by atoms with E-state index in [1.807, 2.05) is 24.3 Å². The van der Waals surface area contributed by atoms with Gasteiger partial charge in [0.1, 0.15) is 6.04 Å². The van der Waals surface area contributed by atoms with Crippen LogP contribution in [0.25, 0.3) is 11.0 Å². The number of aliphatic carboxylic acids is 1. The van der Waals surface area contributed by atoms with Crippen LogP contribution in [0.5, 0.6) is 0 Å². The van der Waals surface area contributed by atoms with Crippen molar-refractivity contribution < 1.29 is 28.9 Å². The molecule has 0 aliphatic rings. The van der Waals surface area contributed by atoms with Crippen LogP contribution < -0.4 is 5.32 Å². The molecule has 0 radical (unpaired) electrons. The number of carboxylic acids is 1. The molecule has 3 rings (SSSR count). The van der Waals surface area contributed by atoms with E-state index in [2.05, 4.69) is 20.3 Å². The van der Waals surface area contributed by atoms with Crippen molar-refractivity contribution in [2.45, 2.75) is 31.4 Å². The Hall–Kier alpha value is -3.21. The summed E-state index contributed by atoms with van der Waals surface area (Å²) in [7, 11) is 0. The zero-order chi connectivity index (χ0) is 23.8. The van der Waals surface area contributed by atoms with E-state index in [0.717, 1.165) is 23.5 Å². The number of nitrogens with one attached hydrogen (secondary N) is 1. The lowest BCUT2D eigenvalue weighted by atomic mass is 10.1. The number of aromatic nitrogens is 3. The molecule has 0 fully saturated rings. The first-order chi connectivity index (χ1) is 15.8. The second-order valence-electron chi connectivity index (χ2n) is 7.25. The fraction of sp³-hybridized carbons (Fsp3) is 0.318. The lowest BCUT2D eigenvalue weighted by molar-refractivity contribution is -0.139. The number of ether oxygens (including phenoxy) is 1. The van der Waals surface area contributed by atoms with Crippen LogP contribution in [0.4, 0.5) is 4.39 Å². The molecule has 0 aliphatic carbocycles. The molecule has 0 saturated heterocycles. The van der Waals surface area contributed by atoms with Gasteiger partial charge in [-0.05, 0) is 37.1 Å². The molecule has 3 aromatic heterocycles. The number of fused-ring (bicyclic) bond motifs is 1. The van der Waals surface area contributed by atoms with Gasteiger partial charge < -0.3 is 20.3 Å². The molecular formula is C22H22ClFN4O5. The van der Waals surface area contributed by atoms with Crippen molar-refractivity contribution in [2.75, 3.05) is 13.2 Å². The van der Waals surface area contributed by atoms with Crippen LogP contribution in [-0.4, -0.2) is 62.4 Å². The summed E-state index contributed by atoms with van der Waals surface area (Å²) < 4.78 is 19.2. The van der Waals surface area contributed by atoms with Gasteiger partial charge in [0.25, 0.3) is 5.91 Å². The van der Waals surface area contributed by atoms with Crippen LogP contribution in [0.2, 0.25) is 5.02 Å². The molecule has 1 amide bonds. The number of carbonyl (C=O) groups is 2. The number of aliphatic hydroxyl groups excluding tert-OH is 1. The molecule has 9 nitrogen and oxygen atoms in total. The topological polar surface area (TPSA) is 135 Å². The maximum absolute atomic E-state index is 13.8. The molecule has 11 heteroatoms. The lowest BCUT2D eigenvalue weighted by Gasteiger charge is -2.16. The van der Waals surface area contributed by atoms with E-state index in [4.69, 9.17) is 16.3 Å². The number of aryl methyl sites for hydroxylation is 1. The first-order valence-electron chi connectivity index (χ1n) is 10.1. The fourth-order valence-corrected chi connectivity index (χ4v) is 3.30. The second kappa shape index (κ2) is 11.6. The van der Waals surface area contributed by atoms with Gasteiger partial charge in [-0.2, -0.15) is 0 Å². The number of pyridine rings is 3. The van der Waals surface area contributed by atoms with E-state index < -0.39 is 35.4 Å². The highest BCUT2D eigenvalue weighted by atomic mass is 35.5. The Balaban J connectivity index is 1.42. The zero-order valence-electron chi connectivity index (χ0n) is 17.4. The summed E-state index contributed by atoms with van der Waals surface area (Å²) >= 11 is 5.78. The van der Waals surface area contributed by atoms with Gasteiger partial charge in [0.05, 0.1) is 29.5 Å². The van der Waals surface area contributed by atoms with Crippen molar-refractivity contribution in [1.82, 2.24) is 20.3 Å². The standard InChI is InChI=1S/C22H22ClFN4O5/c23-16-10-25-11-17(24)19(16)21(30)28-18(22(31)32)7-9-33-12-15(29)6-5-14-4-3-13-2-1-8-26-20(13)27-14/h1-4,8,10-11,15,18,29H,5-7,9,12H2,(H,28,30)(H,31,32)/t15-,18-/m0/s1. The summed E-state index contributed by atoms with van der Waals surface area (Å²) in [4.78, 5) is 35.8. The Morgan fingerprint density at radius 2 is 2.03 bits per heavy atom. The molecule has 0 spiro atoms. The fourth-order valence-electron chi connectivity index (χ4n) is 3.07. The van der Waals surface area contributed by atoms with Gasteiger partial charge in [-0.1, -0.05) is 11.6 Å².